The largest absolute Gasteiger partial charge is 0.349 e. The van der Waals surface area contributed by atoms with E-state index in [2.05, 4.69) is 10.4 Å². The number of likely N-dealkylation sites (N-methyl/N-ethyl adjacent to an activating group) is 1. The first-order valence-electron chi connectivity index (χ1n) is 11.0. The lowest BCUT2D eigenvalue weighted by Crippen LogP contribution is -2.43. The Labute approximate surface area is 182 Å². The van der Waals surface area contributed by atoms with E-state index in [1.165, 1.54) is 0 Å². The van der Waals surface area contributed by atoms with Crippen LogP contribution in [0.4, 0.5) is 0 Å². The molecule has 2 aliphatic rings. The molecule has 1 aromatic heterocycles. The Balaban J connectivity index is 1.32. The molecule has 164 valence electrons. The van der Waals surface area contributed by atoms with Crippen molar-refractivity contribution in [1.82, 2.24) is 24.9 Å². The zero-order valence-electron chi connectivity index (χ0n) is 17.9. The van der Waals surface area contributed by atoms with E-state index in [-0.39, 0.29) is 29.7 Å². The Morgan fingerprint density at radius 2 is 1.81 bits per heavy atom. The highest BCUT2D eigenvalue weighted by Crippen LogP contribution is 2.27. The van der Waals surface area contributed by atoms with E-state index in [1.807, 2.05) is 35.4 Å². The summed E-state index contributed by atoms with van der Waals surface area (Å²) in [4.78, 5) is 41.3. The van der Waals surface area contributed by atoms with Crippen LogP contribution in [0.2, 0.25) is 0 Å². The Kier molecular flexibility index (Phi) is 6.34. The smallest absolute Gasteiger partial charge is 0.253 e. The number of aromatic nitrogens is 2. The van der Waals surface area contributed by atoms with Crippen LogP contribution in [0, 0.1) is 5.92 Å². The van der Waals surface area contributed by atoms with Crippen LogP contribution in [0.1, 0.15) is 42.5 Å². The molecule has 8 heteroatoms. The molecule has 3 amide bonds. The number of amides is 3. The van der Waals surface area contributed by atoms with Gasteiger partial charge in [0.1, 0.15) is 0 Å². The predicted molar refractivity (Wildman–Crippen MR) is 116 cm³/mol. The molecule has 1 N–H and O–H groups in total. The number of carbonyl (C=O) groups excluding carboxylic acids is 3. The first kappa shape index (κ1) is 21.1. The monoisotopic (exact) mass is 423 g/mol. The van der Waals surface area contributed by atoms with Crippen LogP contribution in [-0.4, -0.2) is 70.0 Å². The molecule has 1 aromatic carbocycles. The van der Waals surface area contributed by atoms with Crippen molar-refractivity contribution in [3.63, 3.8) is 0 Å². The highest BCUT2D eigenvalue weighted by Gasteiger charge is 2.31. The second kappa shape index (κ2) is 9.32. The van der Waals surface area contributed by atoms with Crippen molar-refractivity contribution in [2.45, 2.75) is 38.1 Å². The van der Waals surface area contributed by atoms with Crippen LogP contribution < -0.4 is 5.32 Å². The molecular weight excluding hydrogens is 394 g/mol. The van der Waals surface area contributed by atoms with E-state index in [0.29, 0.717) is 31.6 Å². The molecule has 2 fully saturated rings. The Hall–Kier alpha value is -3.16. The highest BCUT2D eigenvalue weighted by molar-refractivity contribution is 5.98. The van der Waals surface area contributed by atoms with Crippen molar-refractivity contribution < 1.29 is 14.4 Å². The van der Waals surface area contributed by atoms with Crippen LogP contribution in [-0.2, 0) is 9.59 Å². The minimum atomic E-state index is -0.116. The van der Waals surface area contributed by atoms with Gasteiger partial charge < -0.3 is 15.1 Å². The number of hydrogen-bond donors (Lipinski definition) is 1. The van der Waals surface area contributed by atoms with Crippen molar-refractivity contribution in [1.29, 1.82) is 0 Å². The zero-order chi connectivity index (χ0) is 21.8. The Morgan fingerprint density at radius 1 is 1.03 bits per heavy atom. The van der Waals surface area contributed by atoms with Crippen LogP contribution in [0.25, 0.3) is 5.69 Å². The van der Waals surface area contributed by atoms with Crippen molar-refractivity contribution in [3.8, 4) is 5.69 Å². The quantitative estimate of drug-likeness (QED) is 0.813. The van der Waals surface area contributed by atoms with Crippen molar-refractivity contribution in [2.24, 2.45) is 5.92 Å². The lowest BCUT2D eigenvalue weighted by molar-refractivity contribution is -0.136. The minimum Gasteiger partial charge on any atom is -0.349 e. The maximum absolute atomic E-state index is 12.9. The second-order valence-electron chi connectivity index (χ2n) is 8.38. The molecular formula is C23H29N5O3. The number of hydrogen-bond acceptors (Lipinski definition) is 4. The molecule has 1 aliphatic heterocycles. The molecule has 0 atom stereocenters. The number of carbonyl (C=O) groups is 3. The molecule has 0 unspecified atom stereocenters. The van der Waals surface area contributed by atoms with Gasteiger partial charge in [-0.05, 0) is 43.9 Å². The summed E-state index contributed by atoms with van der Waals surface area (Å²) in [6.07, 6.45) is 6.96. The van der Waals surface area contributed by atoms with Gasteiger partial charge in [0.25, 0.3) is 5.91 Å². The third-order valence-electron chi connectivity index (χ3n) is 6.35. The van der Waals surface area contributed by atoms with Crippen molar-refractivity contribution in [2.75, 3.05) is 26.7 Å². The van der Waals surface area contributed by atoms with E-state index in [0.717, 1.165) is 31.4 Å². The molecule has 1 aliphatic carbocycles. The van der Waals surface area contributed by atoms with E-state index in [1.54, 1.807) is 28.9 Å². The van der Waals surface area contributed by atoms with E-state index >= 15 is 0 Å². The zero-order valence-corrected chi connectivity index (χ0v) is 17.9. The lowest BCUT2D eigenvalue weighted by Gasteiger charge is -2.32. The van der Waals surface area contributed by atoms with Gasteiger partial charge in [-0.15, -0.1) is 0 Å². The van der Waals surface area contributed by atoms with Crippen LogP contribution >= 0.6 is 0 Å². The summed E-state index contributed by atoms with van der Waals surface area (Å²) in [7, 11) is 1.79. The fraction of sp³-hybridized carbons (Fsp3) is 0.478. The molecule has 1 saturated carbocycles. The molecule has 0 spiro atoms. The summed E-state index contributed by atoms with van der Waals surface area (Å²) < 4.78 is 1.69. The standard InChI is InChI=1S/C23H29N5O3/c1-26-15-16-27(14-11-21(26)29)23(31)17-7-9-18(10-8-17)25-22(30)19-5-2-3-6-20(19)28-13-4-12-24-28/h2-6,12-13,17-18H,7-11,14-16H2,1H3,(H,25,30). The van der Waals surface area contributed by atoms with Crippen LogP contribution in [0.5, 0.6) is 0 Å². The summed E-state index contributed by atoms with van der Waals surface area (Å²) in [6, 6.07) is 9.30. The van der Waals surface area contributed by atoms with Gasteiger partial charge in [0.05, 0.1) is 11.3 Å². The van der Waals surface area contributed by atoms with Gasteiger partial charge in [0.2, 0.25) is 11.8 Å². The normalized spacial score (nSPS) is 22.2. The molecule has 8 nitrogen and oxygen atoms in total. The Bertz CT molecular complexity index is 934. The number of nitrogens with one attached hydrogen (secondary N) is 1. The molecule has 4 rings (SSSR count). The van der Waals surface area contributed by atoms with Crippen LogP contribution in [0.15, 0.2) is 42.7 Å². The molecule has 0 bridgehead atoms. The number of rotatable bonds is 4. The topological polar surface area (TPSA) is 87.5 Å². The summed E-state index contributed by atoms with van der Waals surface area (Å²) in [5.41, 5.74) is 1.33. The molecule has 1 saturated heterocycles. The minimum absolute atomic E-state index is 0.0250. The molecule has 2 heterocycles. The fourth-order valence-corrected chi connectivity index (χ4v) is 4.43. The second-order valence-corrected chi connectivity index (χ2v) is 8.38. The average Bonchev–Trinajstić information content (AvgIpc) is 3.28. The average molecular weight is 424 g/mol. The van der Waals surface area contributed by atoms with Gasteiger partial charge in [0.15, 0.2) is 0 Å². The van der Waals surface area contributed by atoms with E-state index in [4.69, 9.17) is 0 Å². The third kappa shape index (κ3) is 4.78. The third-order valence-corrected chi connectivity index (χ3v) is 6.35. The first-order chi connectivity index (χ1) is 15.0. The first-order valence-corrected chi connectivity index (χ1v) is 11.0. The number of para-hydroxylation sites is 1. The molecule has 0 radical (unpaired) electrons. The summed E-state index contributed by atoms with van der Waals surface area (Å²) in [6.45, 7) is 1.69. The SMILES string of the molecule is CN1CCN(C(=O)C2CCC(NC(=O)c3ccccc3-n3cccn3)CC2)CCC1=O. The van der Waals surface area contributed by atoms with Gasteiger partial charge in [-0.1, -0.05) is 12.1 Å². The van der Waals surface area contributed by atoms with Crippen molar-refractivity contribution in [3.05, 3.63) is 48.3 Å². The fourth-order valence-electron chi connectivity index (χ4n) is 4.43. The summed E-state index contributed by atoms with van der Waals surface area (Å²) in [5, 5.41) is 7.38. The van der Waals surface area contributed by atoms with Gasteiger partial charge in [0, 0.05) is 57.5 Å². The Morgan fingerprint density at radius 3 is 2.55 bits per heavy atom. The van der Waals surface area contributed by atoms with E-state index < -0.39 is 0 Å². The summed E-state index contributed by atoms with van der Waals surface area (Å²) >= 11 is 0. The van der Waals surface area contributed by atoms with Gasteiger partial charge >= 0.3 is 0 Å². The van der Waals surface area contributed by atoms with Gasteiger partial charge in [-0.25, -0.2) is 4.68 Å². The van der Waals surface area contributed by atoms with E-state index in [9.17, 15) is 14.4 Å². The number of nitrogens with zero attached hydrogens (tertiary/aromatic N) is 4. The maximum Gasteiger partial charge on any atom is 0.253 e. The summed E-state index contributed by atoms with van der Waals surface area (Å²) in [5.74, 6) is 0.104. The van der Waals surface area contributed by atoms with Gasteiger partial charge in [-0.2, -0.15) is 5.10 Å². The van der Waals surface area contributed by atoms with Crippen LogP contribution in [0.3, 0.4) is 0 Å². The van der Waals surface area contributed by atoms with Crippen molar-refractivity contribution >= 4 is 17.7 Å². The lowest BCUT2D eigenvalue weighted by atomic mass is 9.85. The highest BCUT2D eigenvalue weighted by atomic mass is 16.2. The maximum atomic E-state index is 12.9. The van der Waals surface area contributed by atoms with Gasteiger partial charge in [-0.3, -0.25) is 14.4 Å². The molecule has 2 aromatic rings. The molecule has 31 heavy (non-hydrogen) atoms. The number of benzene rings is 1. The predicted octanol–water partition coefficient (Wildman–Crippen LogP) is 1.85.